The lowest BCUT2D eigenvalue weighted by Gasteiger charge is -2.21. The van der Waals surface area contributed by atoms with Crippen molar-refractivity contribution < 1.29 is 8.42 Å². The summed E-state index contributed by atoms with van der Waals surface area (Å²) in [7, 11) is -1.43. The molecule has 0 saturated carbocycles. The summed E-state index contributed by atoms with van der Waals surface area (Å²) < 4.78 is 27.5. The quantitative estimate of drug-likeness (QED) is 0.440. The first-order valence-corrected chi connectivity index (χ1v) is 13.1. The Kier molecular flexibility index (Phi) is 7.43. The second kappa shape index (κ2) is 9.87. The first-order valence-electron chi connectivity index (χ1n) is 10.4. The van der Waals surface area contributed by atoms with E-state index >= 15 is 0 Å². The zero-order valence-electron chi connectivity index (χ0n) is 18.8. The van der Waals surface area contributed by atoms with Crippen molar-refractivity contribution in [2.75, 3.05) is 29.5 Å². The second-order valence-electron chi connectivity index (χ2n) is 7.52. The average molecular weight is 459 g/mol. The van der Waals surface area contributed by atoms with Crippen LogP contribution in [0.25, 0.3) is 11.4 Å². The molecular formula is C23H30N4O2S2. The molecule has 8 heteroatoms. The van der Waals surface area contributed by atoms with E-state index in [0.29, 0.717) is 15.8 Å². The molecule has 6 nitrogen and oxygen atoms in total. The first kappa shape index (κ1) is 23.3. The fourth-order valence-electron chi connectivity index (χ4n) is 3.50. The number of anilines is 1. The van der Waals surface area contributed by atoms with E-state index in [9.17, 15) is 8.42 Å². The minimum Gasteiger partial charge on any atom is -0.372 e. The van der Waals surface area contributed by atoms with E-state index in [1.54, 1.807) is 6.07 Å². The normalized spacial score (nSPS) is 11.6. The van der Waals surface area contributed by atoms with Crippen molar-refractivity contribution in [3.63, 3.8) is 0 Å². The molecule has 1 aromatic heterocycles. The predicted molar refractivity (Wildman–Crippen MR) is 129 cm³/mol. The lowest BCUT2D eigenvalue weighted by molar-refractivity contribution is 0.597. The molecule has 1 heterocycles. The highest BCUT2D eigenvalue weighted by Gasteiger charge is 2.19. The Hall–Kier alpha value is -2.32. The van der Waals surface area contributed by atoms with E-state index in [1.807, 2.05) is 37.6 Å². The van der Waals surface area contributed by atoms with E-state index in [-0.39, 0.29) is 5.75 Å². The van der Waals surface area contributed by atoms with Crippen LogP contribution in [-0.2, 0) is 16.9 Å². The Morgan fingerprint density at radius 1 is 1.00 bits per heavy atom. The summed E-state index contributed by atoms with van der Waals surface area (Å²) in [4.78, 5) is 2.71. The number of sulfone groups is 1. The maximum atomic E-state index is 12.8. The summed E-state index contributed by atoms with van der Waals surface area (Å²) in [5.74, 6) is 1.25. The van der Waals surface area contributed by atoms with Crippen LogP contribution in [-0.4, -0.2) is 47.8 Å². The molecule has 0 radical (unpaired) electrons. The standard InChI is InChI=1S/C23H30N4O2S2/c1-6-27(7-2)20-12-10-19(11-13-20)22-24-25-23(26(22)5)30-14-15-31(28,29)21-16-17(3)8-9-18(21)4/h8-13,16H,6-7,14-15H2,1-5H3. The van der Waals surface area contributed by atoms with Gasteiger partial charge >= 0.3 is 0 Å². The van der Waals surface area contributed by atoms with E-state index in [2.05, 4.69) is 53.2 Å². The topological polar surface area (TPSA) is 68.1 Å². The third-order valence-corrected chi connectivity index (χ3v) is 8.48. The predicted octanol–water partition coefficient (Wildman–Crippen LogP) is 4.51. The highest BCUT2D eigenvalue weighted by Crippen LogP contribution is 2.26. The van der Waals surface area contributed by atoms with Crippen LogP contribution < -0.4 is 4.90 Å². The van der Waals surface area contributed by atoms with Crippen molar-refractivity contribution in [2.24, 2.45) is 7.05 Å². The highest BCUT2D eigenvalue weighted by atomic mass is 32.2. The zero-order chi connectivity index (χ0) is 22.6. The van der Waals surface area contributed by atoms with Gasteiger partial charge in [0.2, 0.25) is 0 Å². The van der Waals surface area contributed by atoms with E-state index < -0.39 is 9.84 Å². The Balaban J connectivity index is 1.69. The number of hydrogen-bond donors (Lipinski definition) is 0. The fraction of sp³-hybridized carbons (Fsp3) is 0.391. The Morgan fingerprint density at radius 2 is 1.68 bits per heavy atom. The van der Waals surface area contributed by atoms with Gasteiger partial charge in [0, 0.05) is 37.1 Å². The van der Waals surface area contributed by atoms with Gasteiger partial charge in [-0.15, -0.1) is 10.2 Å². The number of thioether (sulfide) groups is 1. The average Bonchev–Trinajstić information content (AvgIpc) is 3.11. The number of aryl methyl sites for hydroxylation is 2. The Morgan fingerprint density at radius 3 is 2.32 bits per heavy atom. The molecule has 0 unspecified atom stereocenters. The van der Waals surface area contributed by atoms with E-state index in [4.69, 9.17) is 0 Å². The van der Waals surface area contributed by atoms with Crippen molar-refractivity contribution >= 4 is 27.3 Å². The van der Waals surface area contributed by atoms with E-state index in [0.717, 1.165) is 35.6 Å². The van der Waals surface area contributed by atoms with Crippen molar-refractivity contribution in [1.29, 1.82) is 0 Å². The smallest absolute Gasteiger partial charge is 0.191 e. The van der Waals surface area contributed by atoms with Gasteiger partial charge in [-0.3, -0.25) is 0 Å². The van der Waals surface area contributed by atoms with Gasteiger partial charge in [0.15, 0.2) is 20.8 Å². The maximum Gasteiger partial charge on any atom is 0.191 e. The van der Waals surface area contributed by atoms with Crippen molar-refractivity contribution in [1.82, 2.24) is 14.8 Å². The van der Waals surface area contributed by atoms with Crippen LogP contribution >= 0.6 is 11.8 Å². The molecule has 0 saturated heterocycles. The van der Waals surface area contributed by atoms with Crippen LogP contribution in [0.2, 0.25) is 0 Å². The fourth-order valence-corrected chi connectivity index (χ4v) is 6.41. The van der Waals surface area contributed by atoms with Gasteiger partial charge in [0.25, 0.3) is 0 Å². The van der Waals surface area contributed by atoms with Gasteiger partial charge < -0.3 is 9.47 Å². The SMILES string of the molecule is CCN(CC)c1ccc(-c2nnc(SCCS(=O)(=O)c3cc(C)ccc3C)n2C)cc1. The van der Waals surface area contributed by atoms with Gasteiger partial charge in [-0.2, -0.15) is 0 Å². The molecule has 0 bridgehead atoms. The zero-order valence-corrected chi connectivity index (χ0v) is 20.4. The third-order valence-electron chi connectivity index (χ3n) is 5.35. The number of aromatic nitrogens is 3. The van der Waals surface area contributed by atoms with Crippen LogP contribution in [0.1, 0.15) is 25.0 Å². The highest BCUT2D eigenvalue weighted by molar-refractivity contribution is 8.00. The Labute approximate surface area is 189 Å². The van der Waals surface area contributed by atoms with Crippen LogP contribution in [0.3, 0.4) is 0 Å². The maximum absolute atomic E-state index is 12.8. The summed E-state index contributed by atoms with van der Waals surface area (Å²) in [5.41, 5.74) is 3.90. The van der Waals surface area contributed by atoms with Gasteiger partial charge in [-0.05, 0) is 69.2 Å². The van der Waals surface area contributed by atoms with Crippen molar-refractivity contribution in [2.45, 2.75) is 37.7 Å². The summed E-state index contributed by atoms with van der Waals surface area (Å²) >= 11 is 1.41. The third kappa shape index (κ3) is 5.30. The molecule has 0 atom stereocenters. The molecule has 0 aliphatic rings. The van der Waals surface area contributed by atoms with Crippen LogP contribution in [0.4, 0.5) is 5.69 Å². The minimum absolute atomic E-state index is 0.0583. The lowest BCUT2D eigenvalue weighted by Crippen LogP contribution is -2.21. The number of rotatable bonds is 9. The van der Waals surface area contributed by atoms with Crippen LogP contribution in [0, 0.1) is 13.8 Å². The molecule has 31 heavy (non-hydrogen) atoms. The van der Waals surface area contributed by atoms with Crippen molar-refractivity contribution in [3.05, 3.63) is 53.6 Å². The summed E-state index contributed by atoms with van der Waals surface area (Å²) in [6.07, 6.45) is 0. The number of benzene rings is 2. The lowest BCUT2D eigenvalue weighted by atomic mass is 10.2. The second-order valence-corrected chi connectivity index (χ2v) is 10.7. The molecule has 0 amide bonds. The molecule has 166 valence electrons. The number of hydrogen-bond acceptors (Lipinski definition) is 6. The van der Waals surface area contributed by atoms with Gasteiger partial charge in [0.05, 0.1) is 10.6 Å². The molecule has 0 N–H and O–H groups in total. The minimum atomic E-state index is -3.34. The molecule has 3 rings (SSSR count). The first-order chi connectivity index (χ1) is 14.8. The van der Waals surface area contributed by atoms with Gasteiger partial charge in [0.1, 0.15) is 0 Å². The monoisotopic (exact) mass is 458 g/mol. The molecule has 2 aromatic carbocycles. The molecule has 0 spiro atoms. The molecular weight excluding hydrogens is 428 g/mol. The summed E-state index contributed by atoms with van der Waals surface area (Å²) in [5, 5.41) is 9.31. The largest absolute Gasteiger partial charge is 0.372 e. The summed E-state index contributed by atoms with van der Waals surface area (Å²) in [6.45, 7) is 9.95. The summed E-state index contributed by atoms with van der Waals surface area (Å²) in [6, 6.07) is 13.8. The molecule has 0 aliphatic carbocycles. The van der Waals surface area contributed by atoms with Crippen molar-refractivity contribution in [3.8, 4) is 11.4 Å². The molecule has 0 fully saturated rings. The van der Waals surface area contributed by atoms with Crippen LogP contribution in [0.5, 0.6) is 0 Å². The Bertz CT molecular complexity index is 1130. The van der Waals surface area contributed by atoms with E-state index in [1.165, 1.54) is 17.4 Å². The van der Waals surface area contributed by atoms with Gasteiger partial charge in [-0.25, -0.2) is 8.42 Å². The molecule has 0 aliphatic heterocycles. The molecule has 3 aromatic rings. The van der Waals surface area contributed by atoms with Crippen LogP contribution in [0.15, 0.2) is 52.5 Å². The number of nitrogens with zero attached hydrogens (tertiary/aromatic N) is 4. The van der Waals surface area contributed by atoms with Gasteiger partial charge in [-0.1, -0.05) is 23.9 Å².